The topological polar surface area (TPSA) is 19.4 Å². The number of benzene rings is 2. The fourth-order valence-electron chi connectivity index (χ4n) is 2.92. The summed E-state index contributed by atoms with van der Waals surface area (Å²) in [5.41, 5.74) is 2.39. The minimum atomic E-state index is 0.914. The van der Waals surface area contributed by atoms with Crippen molar-refractivity contribution in [1.82, 2.24) is 9.88 Å². The Labute approximate surface area is 171 Å². The van der Waals surface area contributed by atoms with E-state index in [0.29, 0.717) is 0 Å². The fourth-order valence-corrected chi connectivity index (χ4v) is 6.74. The first-order valence-electron chi connectivity index (χ1n) is 8.50. The van der Waals surface area contributed by atoms with Crippen molar-refractivity contribution in [2.45, 2.75) is 4.34 Å². The minimum absolute atomic E-state index is 0.914. The van der Waals surface area contributed by atoms with Gasteiger partial charge in [-0.25, -0.2) is 4.98 Å². The second-order valence-electron chi connectivity index (χ2n) is 5.93. The maximum atomic E-state index is 5.65. The number of thiocarbonyl (C=S) groups is 1. The van der Waals surface area contributed by atoms with E-state index in [-0.39, 0.29) is 0 Å². The molecule has 0 N–H and O–H groups in total. The zero-order valence-electron chi connectivity index (χ0n) is 14.2. The summed E-state index contributed by atoms with van der Waals surface area (Å²) >= 11 is 10.9. The molecule has 1 aliphatic heterocycles. The van der Waals surface area contributed by atoms with E-state index in [1.165, 1.54) is 10.4 Å². The van der Waals surface area contributed by atoms with Gasteiger partial charge in [-0.3, -0.25) is 0 Å². The van der Waals surface area contributed by atoms with Crippen LogP contribution in [0.15, 0.2) is 58.9 Å². The van der Waals surface area contributed by atoms with Gasteiger partial charge in [-0.15, -0.1) is 11.3 Å². The molecule has 0 unspecified atom stereocenters. The van der Waals surface area contributed by atoms with Crippen LogP contribution < -0.4 is 4.90 Å². The third-order valence-electron chi connectivity index (χ3n) is 4.30. The van der Waals surface area contributed by atoms with E-state index >= 15 is 0 Å². The summed E-state index contributed by atoms with van der Waals surface area (Å²) < 4.78 is 3.38. The Morgan fingerprint density at radius 3 is 2.50 bits per heavy atom. The summed E-state index contributed by atoms with van der Waals surface area (Å²) in [6.45, 7) is 4.03. The molecule has 1 saturated heterocycles. The molecule has 1 aromatic heterocycles. The maximum Gasteiger partial charge on any atom is 0.151 e. The predicted octanol–water partition coefficient (Wildman–Crippen LogP) is 5.19. The molecule has 1 fully saturated rings. The zero-order chi connectivity index (χ0) is 17.8. The molecule has 0 atom stereocenters. The van der Waals surface area contributed by atoms with Crippen LogP contribution in [0.5, 0.6) is 0 Å². The van der Waals surface area contributed by atoms with Gasteiger partial charge in [-0.2, -0.15) is 0 Å². The lowest BCUT2D eigenvalue weighted by Gasteiger charge is -2.37. The molecule has 3 aromatic rings. The van der Waals surface area contributed by atoms with Crippen LogP contribution in [0.4, 0.5) is 5.69 Å². The summed E-state index contributed by atoms with van der Waals surface area (Å²) in [6.07, 6.45) is 0. The second-order valence-corrected chi connectivity index (χ2v) is 10.2. The summed E-state index contributed by atoms with van der Waals surface area (Å²) in [4.78, 5) is 9.43. The van der Waals surface area contributed by atoms with Crippen molar-refractivity contribution < 1.29 is 0 Å². The lowest BCUT2D eigenvalue weighted by molar-refractivity contribution is 0.397. The van der Waals surface area contributed by atoms with Crippen molar-refractivity contribution in [1.29, 1.82) is 0 Å². The van der Waals surface area contributed by atoms with E-state index in [9.17, 15) is 0 Å². The molecule has 3 nitrogen and oxygen atoms in total. The Balaban J connectivity index is 1.24. The third-order valence-corrected chi connectivity index (χ3v) is 8.13. The Morgan fingerprint density at radius 2 is 1.73 bits per heavy atom. The molecule has 0 spiro atoms. The molecular formula is C19H19N3S4. The van der Waals surface area contributed by atoms with E-state index in [1.807, 2.05) is 6.07 Å². The number of nitrogens with zero attached hydrogens (tertiary/aromatic N) is 3. The molecule has 1 aliphatic rings. The molecule has 134 valence electrons. The predicted molar refractivity (Wildman–Crippen MR) is 121 cm³/mol. The highest BCUT2D eigenvalue weighted by atomic mass is 32.2. The highest BCUT2D eigenvalue weighted by molar-refractivity contribution is 8.29. The quantitative estimate of drug-likeness (QED) is 0.328. The first kappa shape index (κ1) is 18.1. The summed E-state index contributed by atoms with van der Waals surface area (Å²) in [5, 5.41) is 0.914. The van der Waals surface area contributed by atoms with Crippen LogP contribution in [0.25, 0.3) is 10.2 Å². The maximum absolute atomic E-state index is 5.65. The zero-order valence-corrected chi connectivity index (χ0v) is 17.5. The van der Waals surface area contributed by atoms with Gasteiger partial charge in [0.1, 0.15) is 4.32 Å². The van der Waals surface area contributed by atoms with Gasteiger partial charge in [0.05, 0.1) is 15.3 Å². The first-order chi connectivity index (χ1) is 12.8. The molecule has 0 bridgehead atoms. The SMILES string of the molecule is S=C(SCSc1nc2ccccc2s1)N1CCN(c2ccccc2)CC1. The van der Waals surface area contributed by atoms with Gasteiger partial charge in [0.25, 0.3) is 0 Å². The van der Waals surface area contributed by atoms with Crippen LogP contribution in [-0.2, 0) is 0 Å². The number of piperazine rings is 1. The third kappa shape index (κ3) is 4.34. The Kier molecular flexibility index (Phi) is 5.99. The van der Waals surface area contributed by atoms with E-state index < -0.39 is 0 Å². The van der Waals surface area contributed by atoms with Gasteiger partial charge in [0.15, 0.2) is 4.34 Å². The van der Waals surface area contributed by atoms with Gasteiger partial charge >= 0.3 is 0 Å². The summed E-state index contributed by atoms with van der Waals surface area (Å²) in [7, 11) is 0. The van der Waals surface area contributed by atoms with Crippen molar-refractivity contribution >= 4 is 67.3 Å². The van der Waals surface area contributed by atoms with Gasteiger partial charge in [0, 0.05) is 31.9 Å². The standard InChI is InChI=1S/C19H19N3S4/c23-19(22-12-10-21(11-13-22)15-6-2-1-3-7-15)25-14-24-18-20-16-8-4-5-9-17(16)26-18/h1-9H,10-14H2. The van der Waals surface area contributed by atoms with E-state index in [1.54, 1.807) is 34.9 Å². The highest BCUT2D eigenvalue weighted by Gasteiger charge is 2.19. The lowest BCUT2D eigenvalue weighted by atomic mass is 10.2. The van der Waals surface area contributed by atoms with Crippen LogP contribution in [0.3, 0.4) is 0 Å². The van der Waals surface area contributed by atoms with Crippen molar-refractivity contribution in [3.05, 3.63) is 54.6 Å². The normalized spacial score (nSPS) is 14.8. The van der Waals surface area contributed by atoms with Crippen molar-refractivity contribution in [2.75, 3.05) is 36.2 Å². The molecule has 0 aliphatic carbocycles. The lowest BCUT2D eigenvalue weighted by Crippen LogP contribution is -2.47. The number of thiazole rings is 1. The highest BCUT2D eigenvalue weighted by Crippen LogP contribution is 2.32. The largest absolute Gasteiger partial charge is 0.368 e. The Morgan fingerprint density at radius 1 is 1.00 bits per heavy atom. The molecule has 26 heavy (non-hydrogen) atoms. The Bertz CT molecular complexity index is 840. The number of hydrogen-bond acceptors (Lipinski definition) is 6. The number of rotatable bonds is 4. The van der Waals surface area contributed by atoms with Crippen LogP contribution in [0.1, 0.15) is 0 Å². The van der Waals surface area contributed by atoms with Gasteiger partial charge in [-0.05, 0) is 24.3 Å². The smallest absolute Gasteiger partial charge is 0.151 e. The van der Waals surface area contributed by atoms with E-state index in [2.05, 4.69) is 63.3 Å². The monoisotopic (exact) mass is 417 g/mol. The molecule has 7 heteroatoms. The van der Waals surface area contributed by atoms with Crippen LogP contribution in [-0.4, -0.2) is 45.5 Å². The molecule has 2 aromatic carbocycles. The molecule has 2 heterocycles. The summed E-state index contributed by atoms with van der Waals surface area (Å²) in [6, 6.07) is 18.9. The number of fused-ring (bicyclic) bond motifs is 1. The number of aromatic nitrogens is 1. The van der Waals surface area contributed by atoms with E-state index in [4.69, 9.17) is 12.2 Å². The fraction of sp³-hybridized carbons (Fsp3) is 0.263. The number of para-hydroxylation sites is 2. The van der Waals surface area contributed by atoms with Crippen LogP contribution in [0.2, 0.25) is 0 Å². The Hall–Kier alpha value is -1.28. The van der Waals surface area contributed by atoms with Crippen molar-refractivity contribution in [3.8, 4) is 0 Å². The van der Waals surface area contributed by atoms with Crippen molar-refractivity contribution in [2.24, 2.45) is 0 Å². The first-order valence-corrected chi connectivity index (χ1v) is 11.7. The molecule has 4 rings (SSSR count). The van der Waals surface area contributed by atoms with Crippen LogP contribution in [0, 0.1) is 0 Å². The molecule has 0 radical (unpaired) electrons. The molecular weight excluding hydrogens is 398 g/mol. The van der Waals surface area contributed by atoms with Gasteiger partial charge in [0.2, 0.25) is 0 Å². The van der Waals surface area contributed by atoms with Crippen molar-refractivity contribution in [3.63, 3.8) is 0 Å². The molecule has 0 saturated carbocycles. The minimum Gasteiger partial charge on any atom is -0.368 e. The van der Waals surface area contributed by atoms with Gasteiger partial charge < -0.3 is 9.80 Å². The summed E-state index contributed by atoms with van der Waals surface area (Å²) in [5.74, 6) is 0. The second kappa shape index (κ2) is 8.61. The number of anilines is 1. The average molecular weight is 418 g/mol. The van der Waals surface area contributed by atoms with E-state index in [0.717, 1.165) is 45.4 Å². The average Bonchev–Trinajstić information content (AvgIpc) is 3.11. The van der Waals surface area contributed by atoms with Crippen LogP contribution >= 0.6 is 47.1 Å². The van der Waals surface area contributed by atoms with Gasteiger partial charge in [-0.1, -0.05) is 66.1 Å². The molecule has 0 amide bonds. The number of hydrogen-bond donors (Lipinski definition) is 0. The number of thioether (sulfide) groups is 2.